The quantitative estimate of drug-likeness (QED) is 0.881. The maximum absolute atomic E-state index is 12.5. The Balaban J connectivity index is 1.72. The second-order valence-corrected chi connectivity index (χ2v) is 5.34. The van der Waals surface area contributed by atoms with Crippen LogP contribution in [0.3, 0.4) is 0 Å². The molecule has 2 amide bonds. The van der Waals surface area contributed by atoms with E-state index in [1.54, 1.807) is 30.7 Å². The molecule has 3 rings (SSSR count). The van der Waals surface area contributed by atoms with Crippen molar-refractivity contribution in [1.82, 2.24) is 14.9 Å². The molecule has 1 aliphatic carbocycles. The number of halogens is 1. The average molecular weight is 303 g/mol. The lowest BCUT2D eigenvalue weighted by Crippen LogP contribution is -2.36. The lowest BCUT2D eigenvalue weighted by atomic mass is 10.2. The molecule has 2 aromatic heterocycles. The summed E-state index contributed by atoms with van der Waals surface area (Å²) in [5, 5.41) is 3.13. The van der Waals surface area contributed by atoms with Gasteiger partial charge in [-0.1, -0.05) is 11.6 Å². The number of anilines is 1. The summed E-state index contributed by atoms with van der Waals surface area (Å²) >= 11 is 5.98. The lowest BCUT2D eigenvalue weighted by Gasteiger charge is -2.23. The highest BCUT2D eigenvalue weighted by molar-refractivity contribution is 6.32. The zero-order chi connectivity index (χ0) is 14.7. The maximum Gasteiger partial charge on any atom is 0.322 e. The van der Waals surface area contributed by atoms with Gasteiger partial charge in [0.05, 0.1) is 5.69 Å². The number of pyridine rings is 2. The van der Waals surface area contributed by atoms with Crippen molar-refractivity contribution in [3.05, 3.63) is 53.6 Å². The molecule has 5 nitrogen and oxygen atoms in total. The van der Waals surface area contributed by atoms with Gasteiger partial charge in [-0.2, -0.15) is 0 Å². The van der Waals surface area contributed by atoms with Crippen LogP contribution in [0.2, 0.25) is 5.15 Å². The van der Waals surface area contributed by atoms with Crippen molar-refractivity contribution in [3.8, 4) is 0 Å². The first-order valence-corrected chi connectivity index (χ1v) is 7.19. The summed E-state index contributed by atoms with van der Waals surface area (Å²) in [4.78, 5) is 22.2. The zero-order valence-electron chi connectivity index (χ0n) is 11.4. The molecular formula is C15H15ClN4O. The van der Waals surface area contributed by atoms with E-state index in [4.69, 9.17) is 11.6 Å². The Bertz CT molecular complexity index is 631. The van der Waals surface area contributed by atoms with Crippen LogP contribution in [0, 0.1) is 0 Å². The maximum atomic E-state index is 12.5. The van der Waals surface area contributed by atoms with Crippen LogP contribution < -0.4 is 5.32 Å². The number of hydrogen-bond acceptors (Lipinski definition) is 3. The summed E-state index contributed by atoms with van der Waals surface area (Å²) in [6, 6.07) is 7.47. The van der Waals surface area contributed by atoms with Gasteiger partial charge in [-0.25, -0.2) is 9.78 Å². The summed E-state index contributed by atoms with van der Waals surface area (Å²) in [5.41, 5.74) is 1.59. The largest absolute Gasteiger partial charge is 0.322 e. The van der Waals surface area contributed by atoms with Crippen molar-refractivity contribution >= 4 is 23.3 Å². The van der Waals surface area contributed by atoms with Crippen LogP contribution in [0.25, 0.3) is 0 Å². The normalized spacial score (nSPS) is 13.8. The number of amides is 2. The molecule has 0 aromatic carbocycles. The second kappa shape index (κ2) is 6.10. The molecule has 0 aliphatic heterocycles. The van der Waals surface area contributed by atoms with Crippen LogP contribution >= 0.6 is 11.6 Å². The van der Waals surface area contributed by atoms with Crippen molar-refractivity contribution in [3.63, 3.8) is 0 Å². The molecule has 0 radical (unpaired) electrons. The molecule has 1 aliphatic rings. The number of hydrogen-bond donors (Lipinski definition) is 1. The van der Waals surface area contributed by atoms with E-state index < -0.39 is 0 Å². The molecule has 1 N–H and O–H groups in total. The number of carbonyl (C=O) groups is 1. The van der Waals surface area contributed by atoms with Gasteiger partial charge in [0.2, 0.25) is 0 Å². The Hall–Kier alpha value is -2.14. The third kappa shape index (κ3) is 3.49. The van der Waals surface area contributed by atoms with Gasteiger partial charge in [0.25, 0.3) is 0 Å². The molecule has 1 fully saturated rings. The van der Waals surface area contributed by atoms with Gasteiger partial charge in [0.1, 0.15) is 0 Å². The summed E-state index contributed by atoms with van der Waals surface area (Å²) in [5.74, 6) is 0. The van der Waals surface area contributed by atoms with Crippen molar-refractivity contribution < 1.29 is 4.79 Å². The lowest BCUT2D eigenvalue weighted by molar-refractivity contribution is 0.206. The van der Waals surface area contributed by atoms with Crippen molar-refractivity contribution in [2.75, 3.05) is 5.32 Å². The van der Waals surface area contributed by atoms with Crippen LogP contribution in [-0.4, -0.2) is 26.9 Å². The summed E-state index contributed by atoms with van der Waals surface area (Å²) in [6.45, 7) is 0.566. The first kappa shape index (κ1) is 13.8. The predicted octanol–water partition coefficient (Wildman–Crippen LogP) is 3.33. The molecule has 0 saturated heterocycles. The summed E-state index contributed by atoms with van der Waals surface area (Å²) in [7, 11) is 0. The summed E-state index contributed by atoms with van der Waals surface area (Å²) in [6.07, 6.45) is 7.14. The Labute approximate surface area is 128 Å². The second-order valence-electron chi connectivity index (χ2n) is 4.99. The number of nitrogens with one attached hydrogen (secondary N) is 1. The predicted molar refractivity (Wildman–Crippen MR) is 81.1 cm³/mol. The van der Waals surface area contributed by atoms with Gasteiger partial charge >= 0.3 is 6.03 Å². The molecular weight excluding hydrogens is 288 g/mol. The molecule has 6 heteroatoms. The van der Waals surface area contributed by atoms with E-state index in [0.717, 1.165) is 18.4 Å². The molecule has 2 heterocycles. The first-order chi connectivity index (χ1) is 10.2. The van der Waals surface area contributed by atoms with E-state index in [2.05, 4.69) is 15.3 Å². The topological polar surface area (TPSA) is 58.1 Å². The Morgan fingerprint density at radius 2 is 2.05 bits per heavy atom. The first-order valence-electron chi connectivity index (χ1n) is 6.81. The highest BCUT2D eigenvalue weighted by atomic mass is 35.5. The molecule has 108 valence electrons. The van der Waals surface area contributed by atoms with Crippen LogP contribution in [0.1, 0.15) is 18.4 Å². The Morgan fingerprint density at radius 1 is 1.29 bits per heavy atom. The fourth-order valence-electron chi connectivity index (χ4n) is 2.10. The number of carbonyl (C=O) groups excluding carboxylic acids is 1. The molecule has 0 unspecified atom stereocenters. The minimum atomic E-state index is -0.149. The highest BCUT2D eigenvalue weighted by Gasteiger charge is 2.32. The molecule has 0 bridgehead atoms. The van der Waals surface area contributed by atoms with Crippen LogP contribution in [0.4, 0.5) is 10.5 Å². The third-order valence-corrected chi connectivity index (χ3v) is 3.65. The molecule has 1 saturated carbocycles. The number of rotatable bonds is 4. The van der Waals surface area contributed by atoms with Crippen molar-refractivity contribution in [1.29, 1.82) is 0 Å². The minimum Gasteiger partial charge on any atom is -0.317 e. The average Bonchev–Trinajstić information content (AvgIpc) is 3.33. The van der Waals surface area contributed by atoms with Gasteiger partial charge < -0.3 is 10.2 Å². The van der Waals surface area contributed by atoms with E-state index in [1.807, 2.05) is 17.0 Å². The van der Waals surface area contributed by atoms with E-state index >= 15 is 0 Å². The molecule has 21 heavy (non-hydrogen) atoms. The fraction of sp³-hybridized carbons (Fsp3) is 0.267. The molecule has 0 spiro atoms. The van der Waals surface area contributed by atoms with Gasteiger partial charge in [-0.15, -0.1) is 0 Å². The molecule has 0 atom stereocenters. The van der Waals surface area contributed by atoms with Crippen LogP contribution in [-0.2, 0) is 6.54 Å². The van der Waals surface area contributed by atoms with Crippen LogP contribution in [0.15, 0.2) is 42.9 Å². The zero-order valence-corrected chi connectivity index (χ0v) is 12.1. The highest BCUT2D eigenvalue weighted by Crippen LogP contribution is 2.29. The monoisotopic (exact) mass is 302 g/mol. The van der Waals surface area contributed by atoms with Gasteiger partial charge in [0.15, 0.2) is 5.15 Å². The van der Waals surface area contributed by atoms with Crippen molar-refractivity contribution in [2.45, 2.75) is 25.4 Å². The SMILES string of the molecule is O=C(Nc1cccnc1Cl)N(Cc1ccncc1)C1CC1. The third-order valence-electron chi connectivity index (χ3n) is 3.35. The van der Waals surface area contributed by atoms with E-state index in [9.17, 15) is 4.79 Å². The number of aromatic nitrogens is 2. The van der Waals surface area contributed by atoms with Gasteiger partial charge in [0, 0.05) is 31.2 Å². The fourth-order valence-corrected chi connectivity index (χ4v) is 2.27. The number of urea groups is 1. The van der Waals surface area contributed by atoms with Gasteiger partial charge in [-0.3, -0.25) is 4.98 Å². The molecule has 2 aromatic rings. The van der Waals surface area contributed by atoms with Gasteiger partial charge in [-0.05, 0) is 42.7 Å². The minimum absolute atomic E-state index is 0.149. The van der Waals surface area contributed by atoms with E-state index in [1.165, 1.54) is 0 Å². The standard InChI is InChI=1S/C15H15ClN4O/c16-14-13(2-1-7-18-14)19-15(21)20(12-3-4-12)10-11-5-8-17-9-6-11/h1-2,5-9,12H,3-4,10H2,(H,19,21). The Morgan fingerprint density at radius 3 is 2.71 bits per heavy atom. The number of nitrogens with zero attached hydrogens (tertiary/aromatic N) is 3. The van der Waals surface area contributed by atoms with Crippen LogP contribution in [0.5, 0.6) is 0 Å². The van der Waals surface area contributed by atoms with E-state index in [-0.39, 0.29) is 6.03 Å². The smallest absolute Gasteiger partial charge is 0.317 e. The Kier molecular flexibility index (Phi) is 4.01. The van der Waals surface area contributed by atoms with E-state index in [0.29, 0.717) is 23.4 Å². The summed E-state index contributed by atoms with van der Waals surface area (Å²) < 4.78 is 0. The van der Waals surface area contributed by atoms with Crippen molar-refractivity contribution in [2.24, 2.45) is 0 Å².